The number of hydrogen-bond donors (Lipinski definition) is 1. The van der Waals surface area contributed by atoms with Crippen LogP contribution in [-0.2, 0) is 6.42 Å². The van der Waals surface area contributed by atoms with Crippen molar-refractivity contribution in [1.82, 2.24) is 0 Å². The molecular weight excluding hydrogens is 164 g/mol. The lowest BCUT2D eigenvalue weighted by Crippen LogP contribution is -2.21. The maximum absolute atomic E-state index is 9.59. The zero-order valence-electron chi connectivity index (χ0n) is 8.37. The topological polar surface area (TPSA) is 29.5 Å². The lowest BCUT2D eigenvalue weighted by Gasteiger charge is -2.17. The molecule has 0 amide bonds. The van der Waals surface area contributed by atoms with Gasteiger partial charge in [0, 0.05) is 6.42 Å². The van der Waals surface area contributed by atoms with Gasteiger partial charge in [0.05, 0.1) is 12.7 Å². The first-order chi connectivity index (χ1) is 6.01. The maximum atomic E-state index is 9.59. The van der Waals surface area contributed by atoms with E-state index in [1.807, 2.05) is 24.3 Å². The fourth-order valence-electron chi connectivity index (χ4n) is 1.28. The highest BCUT2D eigenvalue weighted by molar-refractivity contribution is 5.29. The van der Waals surface area contributed by atoms with Crippen LogP contribution in [0.15, 0.2) is 24.3 Å². The van der Waals surface area contributed by atoms with Crippen LogP contribution in [0.5, 0.6) is 5.75 Å². The second-order valence-corrected chi connectivity index (χ2v) is 3.84. The highest BCUT2D eigenvalue weighted by Gasteiger charge is 2.13. The average Bonchev–Trinajstić information content (AvgIpc) is 2.01. The molecule has 0 saturated carbocycles. The van der Waals surface area contributed by atoms with E-state index < -0.39 is 5.60 Å². The molecule has 1 aromatic rings. The summed E-state index contributed by atoms with van der Waals surface area (Å²) < 4.78 is 5.09. The van der Waals surface area contributed by atoms with Gasteiger partial charge in [0.1, 0.15) is 5.75 Å². The minimum atomic E-state index is -0.660. The van der Waals surface area contributed by atoms with E-state index in [0.29, 0.717) is 6.42 Å². The van der Waals surface area contributed by atoms with Crippen molar-refractivity contribution in [2.75, 3.05) is 7.11 Å². The molecule has 0 aromatic heterocycles. The highest BCUT2D eigenvalue weighted by atomic mass is 16.5. The molecule has 0 aliphatic rings. The van der Waals surface area contributed by atoms with Gasteiger partial charge in [-0.2, -0.15) is 0 Å². The molecule has 72 valence electrons. The van der Waals surface area contributed by atoms with Crippen LogP contribution in [0.2, 0.25) is 0 Å². The van der Waals surface area contributed by atoms with Gasteiger partial charge in [0.2, 0.25) is 0 Å². The predicted molar refractivity (Wildman–Crippen MR) is 53.0 cm³/mol. The number of aliphatic hydroxyl groups is 1. The van der Waals surface area contributed by atoms with Gasteiger partial charge in [-0.1, -0.05) is 12.1 Å². The molecule has 0 saturated heterocycles. The van der Waals surface area contributed by atoms with Crippen LogP contribution >= 0.6 is 0 Å². The fraction of sp³-hybridized carbons (Fsp3) is 0.455. The Balaban J connectivity index is 2.78. The van der Waals surface area contributed by atoms with Gasteiger partial charge in [0.15, 0.2) is 0 Å². The predicted octanol–water partition coefficient (Wildman–Crippen LogP) is 2.01. The van der Waals surface area contributed by atoms with Crippen LogP contribution < -0.4 is 4.74 Å². The largest absolute Gasteiger partial charge is 0.497 e. The fourth-order valence-corrected chi connectivity index (χ4v) is 1.28. The lowest BCUT2D eigenvalue weighted by molar-refractivity contribution is 0.0809. The summed E-state index contributed by atoms with van der Waals surface area (Å²) >= 11 is 0. The van der Waals surface area contributed by atoms with E-state index in [1.165, 1.54) is 0 Å². The van der Waals surface area contributed by atoms with Gasteiger partial charge >= 0.3 is 0 Å². The van der Waals surface area contributed by atoms with Gasteiger partial charge in [-0.3, -0.25) is 0 Å². The summed E-state index contributed by atoms with van der Waals surface area (Å²) in [6, 6.07) is 7.76. The summed E-state index contributed by atoms with van der Waals surface area (Å²) in [6.07, 6.45) is 0.643. The minimum absolute atomic E-state index is 0.643. The molecule has 0 aliphatic heterocycles. The third-order valence-corrected chi connectivity index (χ3v) is 1.77. The Morgan fingerprint density at radius 3 is 2.62 bits per heavy atom. The first-order valence-electron chi connectivity index (χ1n) is 4.36. The Hall–Kier alpha value is -1.02. The van der Waals surface area contributed by atoms with Crippen molar-refractivity contribution >= 4 is 0 Å². The van der Waals surface area contributed by atoms with Crippen molar-refractivity contribution < 1.29 is 9.84 Å². The Morgan fingerprint density at radius 2 is 2.08 bits per heavy atom. The average molecular weight is 180 g/mol. The van der Waals surface area contributed by atoms with Crippen LogP contribution in [0, 0.1) is 0 Å². The molecule has 1 aromatic carbocycles. The quantitative estimate of drug-likeness (QED) is 0.771. The van der Waals surface area contributed by atoms with Crippen molar-refractivity contribution in [2.45, 2.75) is 25.9 Å². The Labute approximate surface area is 79.2 Å². The molecule has 2 nitrogen and oxygen atoms in total. The van der Waals surface area contributed by atoms with Crippen molar-refractivity contribution in [1.29, 1.82) is 0 Å². The van der Waals surface area contributed by atoms with Crippen molar-refractivity contribution in [3.63, 3.8) is 0 Å². The summed E-state index contributed by atoms with van der Waals surface area (Å²) in [4.78, 5) is 0. The van der Waals surface area contributed by atoms with E-state index in [2.05, 4.69) is 0 Å². The standard InChI is InChI=1S/C11H16O2/c1-11(2,12)8-9-5-4-6-10(7-9)13-3/h4-7,12H,8H2,1-3H3. The van der Waals surface area contributed by atoms with E-state index in [4.69, 9.17) is 4.74 Å². The molecule has 0 radical (unpaired) electrons. The molecule has 2 heteroatoms. The number of hydrogen-bond acceptors (Lipinski definition) is 2. The van der Waals surface area contributed by atoms with Crippen molar-refractivity contribution in [2.24, 2.45) is 0 Å². The third-order valence-electron chi connectivity index (χ3n) is 1.77. The molecule has 0 unspecified atom stereocenters. The summed E-state index contributed by atoms with van der Waals surface area (Å²) in [6.45, 7) is 3.60. The number of ether oxygens (including phenoxy) is 1. The second-order valence-electron chi connectivity index (χ2n) is 3.84. The molecule has 0 heterocycles. The van der Waals surface area contributed by atoms with Gasteiger partial charge in [-0.25, -0.2) is 0 Å². The van der Waals surface area contributed by atoms with Crippen LogP contribution in [-0.4, -0.2) is 17.8 Å². The molecule has 13 heavy (non-hydrogen) atoms. The van der Waals surface area contributed by atoms with Crippen LogP contribution in [0.3, 0.4) is 0 Å². The molecule has 0 spiro atoms. The monoisotopic (exact) mass is 180 g/mol. The summed E-state index contributed by atoms with van der Waals surface area (Å²) in [5, 5.41) is 9.59. The molecule has 1 N–H and O–H groups in total. The SMILES string of the molecule is COc1cccc(CC(C)(C)O)c1. The van der Waals surface area contributed by atoms with Crippen LogP contribution in [0.25, 0.3) is 0 Å². The van der Waals surface area contributed by atoms with Crippen molar-refractivity contribution in [3.05, 3.63) is 29.8 Å². The van der Waals surface area contributed by atoms with E-state index in [9.17, 15) is 5.11 Å². The zero-order valence-corrected chi connectivity index (χ0v) is 8.37. The van der Waals surface area contributed by atoms with Crippen molar-refractivity contribution in [3.8, 4) is 5.75 Å². The Kier molecular flexibility index (Phi) is 2.94. The van der Waals surface area contributed by atoms with Gasteiger partial charge < -0.3 is 9.84 Å². The molecule has 1 rings (SSSR count). The van der Waals surface area contributed by atoms with Gasteiger partial charge in [-0.05, 0) is 31.5 Å². The first-order valence-corrected chi connectivity index (χ1v) is 4.36. The third kappa shape index (κ3) is 3.47. The molecule has 0 bridgehead atoms. The van der Waals surface area contributed by atoms with Crippen LogP contribution in [0.4, 0.5) is 0 Å². The van der Waals surface area contributed by atoms with E-state index >= 15 is 0 Å². The first kappa shape index (κ1) is 10.1. The van der Waals surface area contributed by atoms with E-state index in [0.717, 1.165) is 11.3 Å². The normalized spacial score (nSPS) is 11.4. The molecule has 0 fully saturated rings. The summed E-state index contributed by atoms with van der Waals surface area (Å²) in [5.74, 6) is 0.835. The Bertz CT molecular complexity index is 274. The van der Waals surface area contributed by atoms with E-state index in [-0.39, 0.29) is 0 Å². The zero-order chi connectivity index (χ0) is 9.90. The number of methoxy groups -OCH3 is 1. The summed E-state index contributed by atoms with van der Waals surface area (Å²) in [5.41, 5.74) is 0.429. The highest BCUT2D eigenvalue weighted by Crippen LogP contribution is 2.17. The van der Waals surface area contributed by atoms with Crippen LogP contribution in [0.1, 0.15) is 19.4 Å². The minimum Gasteiger partial charge on any atom is -0.497 e. The van der Waals surface area contributed by atoms with Gasteiger partial charge in [0.25, 0.3) is 0 Å². The lowest BCUT2D eigenvalue weighted by atomic mass is 9.99. The molecular formula is C11H16O2. The van der Waals surface area contributed by atoms with Gasteiger partial charge in [-0.15, -0.1) is 0 Å². The molecule has 0 atom stereocenters. The molecule has 0 aliphatic carbocycles. The van der Waals surface area contributed by atoms with E-state index in [1.54, 1.807) is 21.0 Å². The second kappa shape index (κ2) is 3.79. The number of rotatable bonds is 3. The number of benzene rings is 1. The summed E-state index contributed by atoms with van der Waals surface area (Å²) in [7, 11) is 1.64. The Morgan fingerprint density at radius 1 is 1.38 bits per heavy atom. The smallest absolute Gasteiger partial charge is 0.119 e. The maximum Gasteiger partial charge on any atom is 0.119 e.